The SMILES string of the molecule is C[C@H](O)[C@@H](NC(=O)[C@@]12C[C@H]3OC(=O)[C@@H]1N(Cc1cccc(C=CCc4ccccc4O)c1)O[C@@H]2[C@H]1OC(c2ccccc2)(c2ccccc2)O[C@H]13)C(=O)N[C@H](CO)CCC(=O)OC(C)(C)C. The van der Waals surface area contributed by atoms with Gasteiger partial charge in [0.1, 0.15) is 47.2 Å². The van der Waals surface area contributed by atoms with E-state index in [4.69, 9.17) is 23.8 Å². The average molecular weight is 904 g/mol. The first-order valence-electron chi connectivity index (χ1n) is 22.4. The lowest BCUT2D eigenvalue weighted by atomic mass is 9.62. The summed E-state index contributed by atoms with van der Waals surface area (Å²) >= 11 is 0. The number of hydrogen-bond acceptors (Lipinski definition) is 13. The number of aromatic hydroxyl groups is 1. The number of benzene rings is 4. The summed E-state index contributed by atoms with van der Waals surface area (Å²) in [5.74, 6) is -4.11. The number of rotatable bonds is 16. The van der Waals surface area contributed by atoms with Gasteiger partial charge in [-0.1, -0.05) is 115 Å². The first-order chi connectivity index (χ1) is 31.6. The molecule has 15 nitrogen and oxygen atoms in total. The Morgan fingerprint density at radius 2 is 1.58 bits per heavy atom. The summed E-state index contributed by atoms with van der Waals surface area (Å²) in [7, 11) is 0. The number of nitrogens with zero attached hydrogens (tertiary/aromatic N) is 1. The first-order valence-corrected chi connectivity index (χ1v) is 22.4. The summed E-state index contributed by atoms with van der Waals surface area (Å²) < 4.78 is 25.6. The van der Waals surface area contributed by atoms with Gasteiger partial charge >= 0.3 is 11.9 Å². The Labute approximate surface area is 383 Å². The standard InChI is InChI=1S/C51H57N3O12/c1-31(56)41(46(59)52-37(30-55)25-26-40(58)63-49(2,3)4)53-48(61)50-28-39-42-43(65-51(64-42,35-20-7-5-8-21-35)36-22-9-6-10-23-36)45(50)66-54(44(50)47(60)62-39)29-33-17-13-15-32(27-33)16-14-19-34-18-11-12-24-38(34)57/h5-18,20-24,27,31,37,39,41-45,55-57H,19,25-26,28-30H2,1-4H3,(H,52,59)(H,53,61)/t31-,37-,39+,41+,42-,43-,44-,45+,50-/m0/s1. The monoisotopic (exact) mass is 903 g/mol. The van der Waals surface area contributed by atoms with E-state index in [1.807, 2.05) is 109 Å². The number of hydroxylamine groups is 2. The molecule has 15 heteroatoms. The Morgan fingerprint density at radius 3 is 2.23 bits per heavy atom. The fraction of sp³-hybridized carbons (Fsp3) is 0.412. The molecule has 2 bridgehead atoms. The van der Waals surface area contributed by atoms with Crippen LogP contribution in [0.1, 0.15) is 74.8 Å². The number of amides is 2. The number of aliphatic hydroxyl groups excluding tert-OH is 2. The Bertz CT molecular complexity index is 2380. The van der Waals surface area contributed by atoms with Crippen molar-refractivity contribution < 1.29 is 58.3 Å². The van der Waals surface area contributed by atoms with Crippen LogP contribution in [0.25, 0.3) is 6.08 Å². The number of carbonyl (C=O) groups excluding carboxylic acids is 4. The number of fused-ring (bicyclic) bond motifs is 4. The van der Waals surface area contributed by atoms with Crippen molar-refractivity contribution in [2.75, 3.05) is 6.61 Å². The van der Waals surface area contributed by atoms with Crippen LogP contribution in [-0.2, 0) is 61.7 Å². The number of para-hydroxylation sites is 1. The van der Waals surface area contributed by atoms with Gasteiger partial charge < -0.3 is 44.9 Å². The van der Waals surface area contributed by atoms with Crippen molar-refractivity contribution in [1.29, 1.82) is 0 Å². The number of carbonyl (C=O) groups is 4. The van der Waals surface area contributed by atoms with Crippen molar-refractivity contribution in [3.63, 3.8) is 0 Å². The van der Waals surface area contributed by atoms with Crippen LogP contribution in [0.15, 0.2) is 115 Å². The summed E-state index contributed by atoms with van der Waals surface area (Å²) in [6.07, 6.45) is -1.26. The predicted octanol–water partition coefficient (Wildman–Crippen LogP) is 4.60. The molecule has 1 saturated carbocycles. The molecule has 3 aliphatic heterocycles. The van der Waals surface area contributed by atoms with Crippen LogP contribution in [0.3, 0.4) is 0 Å². The second-order valence-electron chi connectivity index (χ2n) is 18.4. The highest BCUT2D eigenvalue weighted by molar-refractivity contribution is 5.96. The molecule has 66 heavy (non-hydrogen) atoms. The highest BCUT2D eigenvalue weighted by Gasteiger charge is 2.76. The number of aliphatic hydroxyl groups is 2. The van der Waals surface area contributed by atoms with Crippen molar-refractivity contribution in [1.82, 2.24) is 15.7 Å². The quantitative estimate of drug-likeness (QED) is 0.0979. The van der Waals surface area contributed by atoms with Gasteiger partial charge in [0, 0.05) is 24.0 Å². The van der Waals surface area contributed by atoms with Crippen LogP contribution >= 0.6 is 0 Å². The molecule has 2 amide bonds. The Morgan fingerprint density at radius 1 is 0.909 bits per heavy atom. The Hall–Kier alpha value is -5.94. The normalized spacial score (nSPS) is 25.6. The summed E-state index contributed by atoms with van der Waals surface area (Å²) in [6.45, 7) is 6.04. The van der Waals surface area contributed by atoms with E-state index in [2.05, 4.69) is 10.6 Å². The van der Waals surface area contributed by atoms with Gasteiger partial charge in [0.05, 0.1) is 25.3 Å². The maximum absolute atomic E-state index is 15.3. The lowest BCUT2D eigenvalue weighted by molar-refractivity contribution is -0.213. The molecule has 0 unspecified atom stereocenters. The van der Waals surface area contributed by atoms with Gasteiger partial charge in [-0.15, -0.1) is 0 Å². The Kier molecular flexibility index (Phi) is 13.5. The van der Waals surface area contributed by atoms with Crippen LogP contribution in [0, 0.1) is 5.41 Å². The summed E-state index contributed by atoms with van der Waals surface area (Å²) in [5, 5.41) is 38.4. The maximum atomic E-state index is 15.3. The minimum Gasteiger partial charge on any atom is -0.508 e. The topological polar surface area (TPSA) is 202 Å². The van der Waals surface area contributed by atoms with Gasteiger partial charge in [0.2, 0.25) is 17.6 Å². The van der Waals surface area contributed by atoms with Crippen LogP contribution < -0.4 is 10.6 Å². The lowest BCUT2D eigenvalue weighted by Crippen LogP contribution is -2.71. The molecule has 3 saturated heterocycles. The van der Waals surface area contributed by atoms with Crippen LogP contribution in [0.2, 0.25) is 0 Å². The van der Waals surface area contributed by atoms with Crippen molar-refractivity contribution in [3.8, 4) is 5.75 Å². The maximum Gasteiger partial charge on any atom is 0.327 e. The van der Waals surface area contributed by atoms with Crippen LogP contribution in [-0.4, -0.2) is 105 Å². The number of nitrogens with one attached hydrogen (secondary N) is 2. The van der Waals surface area contributed by atoms with E-state index in [1.165, 1.54) is 12.0 Å². The highest BCUT2D eigenvalue weighted by atomic mass is 16.8. The molecule has 4 fully saturated rings. The van der Waals surface area contributed by atoms with Crippen LogP contribution in [0.5, 0.6) is 5.75 Å². The zero-order valence-electron chi connectivity index (χ0n) is 37.4. The third kappa shape index (κ3) is 9.37. The van der Waals surface area contributed by atoms with Crippen molar-refractivity contribution >= 4 is 29.8 Å². The number of phenolic OH excluding ortho intramolecular Hbond substituents is 1. The number of hydrogen-bond donors (Lipinski definition) is 5. The molecule has 0 radical (unpaired) electrons. The molecule has 8 rings (SSSR count). The molecular weight excluding hydrogens is 847 g/mol. The second-order valence-corrected chi connectivity index (χ2v) is 18.4. The third-order valence-electron chi connectivity index (χ3n) is 12.5. The summed E-state index contributed by atoms with van der Waals surface area (Å²) in [5.41, 5.74) is 1.24. The number of ether oxygens (including phenoxy) is 4. The van der Waals surface area contributed by atoms with E-state index >= 15 is 4.79 Å². The first kappa shape index (κ1) is 46.6. The minimum absolute atomic E-state index is 0.0284. The molecule has 9 atom stereocenters. The molecule has 4 aromatic rings. The minimum atomic E-state index is -1.73. The van der Waals surface area contributed by atoms with Gasteiger partial charge in [0.25, 0.3) is 0 Å². The van der Waals surface area contributed by atoms with Gasteiger partial charge in [-0.3, -0.25) is 24.0 Å². The fourth-order valence-electron chi connectivity index (χ4n) is 9.53. The van der Waals surface area contributed by atoms with Crippen molar-refractivity contribution in [2.24, 2.45) is 5.41 Å². The number of esters is 2. The van der Waals surface area contributed by atoms with Gasteiger partial charge in [0.15, 0.2) is 6.04 Å². The largest absolute Gasteiger partial charge is 0.508 e. The van der Waals surface area contributed by atoms with E-state index in [0.717, 1.165) is 16.7 Å². The molecule has 0 spiro atoms. The third-order valence-corrected chi connectivity index (χ3v) is 12.5. The zero-order chi connectivity index (χ0) is 46.8. The number of phenols is 1. The second kappa shape index (κ2) is 19.1. The average Bonchev–Trinajstić information content (AvgIpc) is 3.87. The van der Waals surface area contributed by atoms with Crippen molar-refractivity contribution in [3.05, 3.63) is 143 Å². The smallest absolute Gasteiger partial charge is 0.327 e. The molecule has 0 aromatic heterocycles. The molecule has 4 aliphatic rings. The molecule has 348 valence electrons. The molecule has 1 aliphatic carbocycles. The number of allylic oxidation sites excluding steroid dienone is 1. The molecule has 3 heterocycles. The van der Waals surface area contributed by atoms with E-state index in [0.29, 0.717) is 17.5 Å². The lowest BCUT2D eigenvalue weighted by Gasteiger charge is -2.49. The van der Waals surface area contributed by atoms with Gasteiger partial charge in [-0.2, -0.15) is 5.06 Å². The Balaban J connectivity index is 1.11. The van der Waals surface area contributed by atoms with E-state index in [9.17, 15) is 29.7 Å². The van der Waals surface area contributed by atoms with Gasteiger partial charge in [-0.05, 0) is 63.3 Å². The zero-order valence-corrected chi connectivity index (χ0v) is 37.4. The fourth-order valence-corrected chi connectivity index (χ4v) is 9.53. The van der Waals surface area contributed by atoms with Gasteiger partial charge in [-0.25, -0.2) is 0 Å². The highest BCUT2D eigenvalue weighted by Crippen LogP contribution is 2.59. The van der Waals surface area contributed by atoms with Crippen LogP contribution in [0.4, 0.5) is 0 Å². The molecule has 5 N–H and O–H groups in total. The summed E-state index contributed by atoms with van der Waals surface area (Å²) in [4.78, 5) is 63.1. The van der Waals surface area contributed by atoms with E-state index < -0.39 is 95.8 Å². The molecule has 4 aromatic carbocycles. The molecular formula is C51H57N3O12. The van der Waals surface area contributed by atoms with E-state index in [-0.39, 0.29) is 31.6 Å². The summed E-state index contributed by atoms with van der Waals surface area (Å²) in [6, 6.07) is 29.6. The van der Waals surface area contributed by atoms with Crippen molar-refractivity contribution in [2.45, 2.75) is 120 Å². The predicted molar refractivity (Wildman–Crippen MR) is 240 cm³/mol. The van der Waals surface area contributed by atoms with E-state index in [1.54, 1.807) is 32.9 Å².